The van der Waals surface area contributed by atoms with Crippen LogP contribution in [0.3, 0.4) is 0 Å². The van der Waals surface area contributed by atoms with Gasteiger partial charge in [0.1, 0.15) is 21.3 Å². The average molecular weight is 514 g/mol. The van der Waals surface area contributed by atoms with Crippen molar-refractivity contribution in [2.45, 2.75) is 90.9 Å². The van der Waals surface area contributed by atoms with Gasteiger partial charge in [0, 0.05) is 22.2 Å². The largest absolute Gasteiger partial charge is 0.508 e. The molecule has 2 aromatic carbocycles. The summed E-state index contributed by atoms with van der Waals surface area (Å²) in [5.41, 5.74) is 5.18. The fourth-order valence-electron chi connectivity index (χ4n) is 5.05. The Hall–Kier alpha value is -2.47. The Kier molecular flexibility index (Phi) is 10.7. The molecule has 36 heavy (non-hydrogen) atoms. The molecule has 0 saturated carbocycles. The van der Waals surface area contributed by atoms with Crippen LogP contribution in [0.2, 0.25) is 0 Å². The molecule has 5 nitrogen and oxygen atoms in total. The van der Waals surface area contributed by atoms with E-state index in [0.29, 0.717) is 17.3 Å². The molecule has 1 heterocycles. The molecule has 0 aliphatic carbocycles. The van der Waals surface area contributed by atoms with Crippen molar-refractivity contribution in [2.24, 2.45) is 0 Å². The minimum Gasteiger partial charge on any atom is -0.508 e. The van der Waals surface area contributed by atoms with Crippen molar-refractivity contribution in [3.63, 3.8) is 0 Å². The molecule has 0 unspecified atom stereocenters. The number of phenolic OH excluding ortho intramolecular Hbond substituents is 2. The second-order valence-electron chi connectivity index (χ2n) is 10.1. The predicted octanol–water partition coefficient (Wildman–Crippen LogP) is 7.82. The van der Waals surface area contributed by atoms with Gasteiger partial charge in [-0.1, -0.05) is 58.3 Å². The molecule has 6 heteroatoms. The summed E-state index contributed by atoms with van der Waals surface area (Å²) in [6.07, 6.45) is 12.2. The van der Waals surface area contributed by atoms with E-state index in [2.05, 4.69) is 18.8 Å². The third-order valence-electron chi connectivity index (χ3n) is 7.14. The van der Waals surface area contributed by atoms with Crippen LogP contribution < -0.4 is 0 Å². The van der Waals surface area contributed by atoms with Gasteiger partial charge in [0.05, 0.1) is 11.5 Å². The molecule has 3 aromatic rings. The number of aromatic nitrogens is 1. The van der Waals surface area contributed by atoms with Crippen LogP contribution >= 0.6 is 0 Å². The summed E-state index contributed by atoms with van der Waals surface area (Å²) in [7, 11) is -2.86. The highest BCUT2D eigenvalue weighted by Gasteiger charge is 2.16. The van der Waals surface area contributed by atoms with Gasteiger partial charge in [0.25, 0.3) is 0 Å². The number of benzene rings is 2. The van der Waals surface area contributed by atoms with Crippen molar-refractivity contribution in [3.05, 3.63) is 47.5 Å². The van der Waals surface area contributed by atoms with Crippen molar-refractivity contribution in [3.8, 4) is 22.8 Å². The summed E-state index contributed by atoms with van der Waals surface area (Å²) in [5.74, 6) is 1.30. The molecule has 0 aliphatic rings. The number of nitrogens with one attached hydrogen (secondary N) is 1. The maximum atomic E-state index is 12.0. The number of unbranched alkanes of at least 4 members (excludes halogenated alkanes) is 9. The van der Waals surface area contributed by atoms with Gasteiger partial charge in [-0.05, 0) is 80.1 Å². The lowest BCUT2D eigenvalue weighted by molar-refractivity contribution is 0.467. The fraction of sp³-hybridized carbons (Fsp3) is 0.533. The van der Waals surface area contributed by atoms with Crippen molar-refractivity contribution in [1.82, 2.24) is 4.98 Å². The molecule has 0 saturated heterocycles. The van der Waals surface area contributed by atoms with E-state index in [0.717, 1.165) is 104 Å². The van der Waals surface area contributed by atoms with E-state index in [1.54, 1.807) is 18.2 Å². The highest BCUT2D eigenvalue weighted by Crippen LogP contribution is 2.36. The number of rotatable bonds is 16. The first-order chi connectivity index (χ1) is 17.3. The maximum Gasteiger partial charge on any atom is 0.150 e. The Morgan fingerprint density at radius 1 is 0.750 bits per heavy atom. The fourth-order valence-corrected chi connectivity index (χ4v) is 6.54. The lowest BCUT2D eigenvalue weighted by Crippen LogP contribution is -2.11. The number of aromatic hydroxyl groups is 2. The van der Waals surface area contributed by atoms with Gasteiger partial charge in [-0.3, -0.25) is 0 Å². The van der Waals surface area contributed by atoms with Crippen LogP contribution in [0, 0.1) is 6.92 Å². The van der Waals surface area contributed by atoms with Crippen LogP contribution in [-0.2, 0) is 16.3 Å². The molecular weight excluding hydrogens is 470 g/mol. The molecule has 0 aliphatic heterocycles. The zero-order valence-corrected chi connectivity index (χ0v) is 22.8. The number of aryl methyl sites for hydroxylation is 2. The third-order valence-corrected chi connectivity index (χ3v) is 8.97. The van der Waals surface area contributed by atoms with Gasteiger partial charge >= 0.3 is 0 Å². The smallest absolute Gasteiger partial charge is 0.150 e. The summed E-state index contributed by atoms with van der Waals surface area (Å²) in [5, 5.41) is 21.3. The highest BCUT2D eigenvalue weighted by atomic mass is 32.2. The van der Waals surface area contributed by atoms with Crippen LogP contribution in [0.1, 0.15) is 88.7 Å². The quantitative estimate of drug-likeness (QED) is 0.170. The minimum absolute atomic E-state index is 0.247. The number of hydrogen-bond donors (Lipinski definition) is 3. The standard InChI is InChI=1S/C30H43NO4S/c1-3-4-12-21-36(34,35)22-13-10-8-6-5-7-9-11-14-26-28(33)20-19-27-29(26)23(2)30(31-27)24-15-17-25(32)18-16-24/h15-20,31-33H,3-14,21-22H2,1-2H3. The van der Waals surface area contributed by atoms with Crippen molar-refractivity contribution in [2.75, 3.05) is 11.5 Å². The Labute approximate surface area is 216 Å². The molecule has 198 valence electrons. The predicted molar refractivity (Wildman–Crippen MR) is 151 cm³/mol. The molecule has 0 spiro atoms. The molecule has 0 bridgehead atoms. The van der Waals surface area contributed by atoms with Crippen LogP contribution in [0.15, 0.2) is 36.4 Å². The third kappa shape index (κ3) is 8.02. The Morgan fingerprint density at radius 3 is 1.97 bits per heavy atom. The summed E-state index contributed by atoms with van der Waals surface area (Å²) < 4.78 is 24.0. The molecule has 0 radical (unpaired) electrons. The van der Waals surface area contributed by atoms with Gasteiger partial charge in [-0.15, -0.1) is 0 Å². The first-order valence-corrected chi connectivity index (χ1v) is 15.5. The normalized spacial score (nSPS) is 11.9. The Balaban J connectivity index is 1.41. The van der Waals surface area contributed by atoms with Gasteiger partial charge in [0.2, 0.25) is 0 Å². The van der Waals surface area contributed by atoms with Crippen LogP contribution in [0.4, 0.5) is 0 Å². The van der Waals surface area contributed by atoms with Crippen molar-refractivity contribution < 1.29 is 18.6 Å². The molecule has 0 atom stereocenters. The van der Waals surface area contributed by atoms with Crippen LogP contribution in [0.25, 0.3) is 22.2 Å². The minimum atomic E-state index is -2.86. The van der Waals surface area contributed by atoms with Crippen molar-refractivity contribution >= 4 is 20.7 Å². The average Bonchev–Trinajstić information content (AvgIpc) is 3.18. The zero-order chi connectivity index (χ0) is 26.0. The molecule has 0 fully saturated rings. The van der Waals surface area contributed by atoms with Crippen LogP contribution in [0.5, 0.6) is 11.5 Å². The number of fused-ring (bicyclic) bond motifs is 1. The highest BCUT2D eigenvalue weighted by molar-refractivity contribution is 7.91. The van der Waals surface area contributed by atoms with Gasteiger partial charge < -0.3 is 15.2 Å². The topological polar surface area (TPSA) is 90.4 Å². The maximum absolute atomic E-state index is 12.0. The molecular formula is C30H43NO4S. The number of aromatic amines is 1. The van der Waals surface area contributed by atoms with E-state index >= 15 is 0 Å². The van der Waals surface area contributed by atoms with E-state index in [1.165, 1.54) is 6.42 Å². The SMILES string of the molecule is CCCCCS(=O)(=O)CCCCCCCCCCc1c(O)ccc2[nH]c(-c3ccc(O)cc3)c(C)c12. The Morgan fingerprint density at radius 2 is 1.33 bits per heavy atom. The van der Waals surface area contributed by atoms with Crippen LogP contribution in [-0.4, -0.2) is 35.1 Å². The van der Waals surface area contributed by atoms with E-state index in [-0.39, 0.29) is 5.75 Å². The summed E-state index contributed by atoms with van der Waals surface area (Å²) >= 11 is 0. The van der Waals surface area contributed by atoms with Crippen molar-refractivity contribution in [1.29, 1.82) is 0 Å². The van der Waals surface area contributed by atoms with Gasteiger partial charge in [-0.2, -0.15) is 0 Å². The molecule has 3 rings (SSSR count). The molecule has 3 N–H and O–H groups in total. The molecule has 1 aromatic heterocycles. The Bertz CT molecular complexity index is 1200. The first kappa shape index (κ1) is 28.1. The number of sulfone groups is 1. The second kappa shape index (κ2) is 13.7. The molecule has 0 amide bonds. The first-order valence-electron chi connectivity index (χ1n) is 13.7. The lowest BCUT2D eigenvalue weighted by atomic mass is 9.97. The lowest BCUT2D eigenvalue weighted by Gasteiger charge is -2.08. The van der Waals surface area contributed by atoms with E-state index < -0.39 is 9.84 Å². The number of H-pyrrole nitrogens is 1. The van der Waals surface area contributed by atoms with E-state index in [4.69, 9.17) is 0 Å². The zero-order valence-electron chi connectivity index (χ0n) is 22.0. The summed E-state index contributed by atoms with van der Waals surface area (Å²) in [6, 6.07) is 10.9. The van der Waals surface area contributed by atoms with Gasteiger partial charge in [-0.25, -0.2) is 8.42 Å². The monoisotopic (exact) mass is 513 g/mol. The van der Waals surface area contributed by atoms with E-state index in [1.807, 2.05) is 18.2 Å². The second-order valence-corrected chi connectivity index (χ2v) is 12.4. The number of phenols is 2. The summed E-state index contributed by atoms with van der Waals surface area (Å²) in [6.45, 7) is 4.18. The number of hydrogen-bond acceptors (Lipinski definition) is 4. The van der Waals surface area contributed by atoms with Gasteiger partial charge in [0.15, 0.2) is 0 Å². The van der Waals surface area contributed by atoms with E-state index in [9.17, 15) is 18.6 Å². The summed E-state index contributed by atoms with van der Waals surface area (Å²) in [4.78, 5) is 3.49.